The van der Waals surface area contributed by atoms with E-state index in [9.17, 15) is 0 Å². The summed E-state index contributed by atoms with van der Waals surface area (Å²) in [6.07, 6.45) is 0. The maximum Gasteiger partial charge on any atom is 0.0634 e. The van der Waals surface area contributed by atoms with E-state index in [1.54, 1.807) is 0 Å². The number of fused-ring (bicyclic) bond motifs is 12. The molecule has 0 atom stereocenters. The van der Waals surface area contributed by atoms with Crippen molar-refractivity contribution >= 4 is 96.7 Å². The van der Waals surface area contributed by atoms with Crippen LogP contribution in [0.15, 0.2) is 182 Å². The molecular formula is C50H30N2S. The Labute approximate surface area is 309 Å². The third-order valence-electron chi connectivity index (χ3n) is 11.3. The van der Waals surface area contributed by atoms with E-state index in [-0.39, 0.29) is 0 Å². The van der Waals surface area contributed by atoms with Gasteiger partial charge in [0.2, 0.25) is 0 Å². The van der Waals surface area contributed by atoms with Crippen LogP contribution in [0.2, 0.25) is 0 Å². The number of nitrogens with zero attached hydrogens (tertiary/aromatic N) is 2. The standard InChI is InChI=1S/C50H30N2S/c1-2-12-33-28-36(23-20-31(33)10-1)51-45-25-21-35(30-42(45)39-24-27-48-49(50(39)51)40-16-6-8-19-47(40)53-48)34-22-26-46-41(29-34)38-15-5-7-17-44(38)52(46)43-18-9-13-32-11-3-4-14-37(32)43/h1-30H. The molecule has 0 amide bonds. The van der Waals surface area contributed by atoms with Crippen LogP contribution in [0.3, 0.4) is 0 Å². The molecule has 0 aliphatic heterocycles. The Kier molecular flexibility index (Phi) is 5.96. The van der Waals surface area contributed by atoms with Crippen LogP contribution in [0.4, 0.5) is 0 Å². The van der Waals surface area contributed by atoms with Gasteiger partial charge in [0, 0.05) is 52.8 Å². The smallest absolute Gasteiger partial charge is 0.0634 e. The third kappa shape index (κ3) is 4.14. The van der Waals surface area contributed by atoms with Gasteiger partial charge in [-0.1, -0.05) is 121 Å². The predicted molar refractivity (Wildman–Crippen MR) is 228 cm³/mol. The average Bonchev–Trinajstić information content (AvgIpc) is 3.87. The summed E-state index contributed by atoms with van der Waals surface area (Å²) in [6, 6.07) is 67.3. The Morgan fingerprint density at radius 2 is 0.981 bits per heavy atom. The maximum atomic E-state index is 2.50. The van der Waals surface area contributed by atoms with Crippen LogP contribution in [0.5, 0.6) is 0 Å². The predicted octanol–water partition coefficient (Wildman–Crippen LogP) is 14.2. The van der Waals surface area contributed by atoms with Gasteiger partial charge < -0.3 is 9.13 Å². The van der Waals surface area contributed by atoms with E-state index < -0.39 is 0 Å². The average molecular weight is 691 g/mol. The SMILES string of the molecule is c1ccc2cc(-n3c4ccc(-c5ccc6c(c5)c5ccccc5n6-c5cccc6ccccc56)cc4c4ccc5sc6ccccc6c5c43)ccc2c1. The molecule has 3 aromatic heterocycles. The number of hydrogen-bond acceptors (Lipinski definition) is 1. The molecule has 0 N–H and O–H groups in total. The first-order valence-electron chi connectivity index (χ1n) is 18.2. The van der Waals surface area contributed by atoms with Crippen molar-refractivity contribution in [3.63, 3.8) is 0 Å². The maximum absolute atomic E-state index is 2.50. The van der Waals surface area contributed by atoms with Gasteiger partial charge in [-0.05, 0) is 87.9 Å². The minimum absolute atomic E-state index is 1.18. The summed E-state index contributed by atoms with van der Waals surface area (Å²) in [5, 5.41) is 12.7. The Balaban J connectivity index is 1.12. The summed E-state index contributed by atoms with van der Waals surface area (Å²) in [6.45, 7) is 0. The van der Waals surface area contributed by atoms with E-state index in [0.29, 0.717) is 0 Å². The fourth-order valence-corrected chi connectivity index (χ4v) is 10.0. The van der Waals surface area contributed by atoms with Crippen molar-refractivity contribution in [2.45, 2.75) is 0 Å². The molecule has 9 aromatic carbocycles. The molecular weight excluding hydrogens is 661 g/mol. The van der Waals surface area contributed by atoms with Gasteiger partial charge in [0.1, 0.15) is 0 Å². The summed E-state index contributed by atoms with van der Waals surface area (Å²) in [5.74, 6) is 0. The molecule has 0 saturated heterocycles. The molecule has 0 unspecified atom stereocenters. The number of benzene rings is 9. The summed E-state index contributed by atoms with van der Waals surface area (Å²) in [7, 11) is 0. The highest BCUT2D eigenvalue weighted by Crippen LogP contribution is 2.44. The van der Waals surface area contributed by atoms with Crippen molar-refractivity contribution in [1.82, 2.24) is 9.13 Å². The lowest BCUT2D eigenvalue weighted by Crippen LogP contribution is -1.95. The molecule has 12 rings (SSSR count). The zero-order chi connectivity index (χ0) is 34.6. The summed E-state index contributed by atoms with van der Waals surface area (Å²) in [4.78, 5) is 0. The molecule has 0 aliphatic carbocycles. The van der Waals surface area contributed by atoms with Crippen LogP contribution < -0.4 is 0 Å². The van der Waals surface area contributed by atoms with Crippen molar-refractivity contribution in [2.24, 2.45) is 0 Å². The number of rotatable bonds is 3. The molecule has 0 fully saturated rings. The van der Waals surface area contributed by atoms with Crippen molar-refractivity contribution in [3.05, 3.63) is 182 Å². The minimum atomic E-state index is 1.18. The van der Waals surface area contributed by atoms with Gasteiger partial charge in [-0.15, -0.1) is 11.3 Å². The normalized spacial score (nSPS) is 12.2. The quantitative estimate of drug-likeness (QED) is 0.175. The molecule has 0 aliphatic rings. The fourth-order valence-electron chi connectivity index (χ4n) is 8.89. The topological polar surface area (TPSA) is 9.86 Å². The van der Waals surface area contributed by atoms with Crippen molar-refractivity contribution < 1.29 is 0 Å². The zero-order valence-corrected chi connectivity index (χ0v) is 29.4. The number of thiophene rings is 1. The lowest BCUT2D eigenvalue weighted by atomic mass is 10.00. The molecule has 53 heavy (non-hydrogen) atoms. The van der Waals surface area contributed by atoms with Gasteiger partial charge in [-0.3, -0.25) is 0 Å². The zero-order valence-electron chi connectivity index (χ0n) is 28.6. The van der Waals surface area contributed by atoms with Gasteiger partial charge in [0.05, 0.1) is 27.8 Å². The molecule has 2 nitrogen and oxygen atoms in total. The molecule has 3 heteroatoms. The summed E-state index contributed by atoms with van der Waals surface area (Å²) in [5.41, 5.74) is 9.75. The number of hydrogen-bond donors (Lipinski definition) is 0. The first-order valence-corrected chi connectivity index (χ1v) is 19.0. The van der Waals surface area contributed by atoms with Crippen LogP contribution in [-0.4, -0.2) is 9.13 Å². The highest BCUT2D eigenvalue weighted by molar-refractivity contribution is 7.26. The molecule has 0 saturated carbocycles. The lowest BCUT2D eigenvalue weighted by molar-refractivity contribution is 1.19. The van der Waals surface area contributed by atoms with E-state index in [0.717, 1.165) is 0 Å². The molecule has 0 radical (unpaired) electrons. The third-order valence-corrected chi connectivity index (χ3v) is 12.4. The Morgan fingerprint density at radius 1 is 0.340 bits per heavy atom. The van der Waals surface area contributed by atoms with E-state index in [2.05, 4.69) is 191 Å². The van der Waals surface area contributed by atoms with Gasteiger partial charge in [-0.25, -0.2) is 0 Å². The van der Waals surface area contributed by atoms with Gasteiger partial charge in [0.25, 0.3) is 0 Å². The largest absolute Gasteiger partial charge is 0.309 e. The first-order chi connectivity index (χ1) is 26.3. The molecule has 3 heterocycles. The second-order valence-electron chi connectivity index (χ2n) is 14.1. The van der Waals surface area contributed by atoms with E-state index in [4.69, 9.17) is 0 Å². The van der Waals surface area contributed by atoms with Crippen LogP contribution >= 0.6 is 11.3 Å². The second kappa shape index (κ2) is 10.9. The van der Waals surface area contributed by atoms with E-state index in [1.165, 1.54) is 108 Å². The molecule has 0 bridgehead atoms. The van der Waals surface area contributed by atoms with Crippen LogP contribution in [-0.2, 0) is 0 Å². The van der Waals surface area contributed by atoms with Gasteiger partial charge >= 0.3 is 0 Å². The van der Waals surface area contributed by atoms with Crippen molar-refractivity contribution in [2.75, 3.05) is 0 Å². The van der Waals surface area contributed by atoms with E-state index >= 15 is 0 Å². The molecule has 0 spiro atoms. The number of aromatic nitrogens is 2. The Bertz CT molecular complexity index is 3460. The van der Waals surface area contributed by atoms with E-state index in [1.807, 2.05) is 11.3 Å². The van der Waals surface area contributed by atoms with Crippen LogP contribution in [0.1, 0.15) is 0 Å². The van der Waals surface area contributed by atoms with Gasteiger partial charge in [-0.2, -0.15) is 0 Å². The second-order valence-corrected chi connectivity index (χ2v) is 15.2. The first kappa shape index (κ1) is 29.0. The highest BCUT2D eigenvalue weighted by Gasteiger charge is 2.20. The Hall–Kier alpha value is -6.68. The van der Waals surface area contributed by atoms with Gasteiger partial charge in [0.15, 0.2) is 0 Å². The Morgan fingerprint density at radius 3 is 1.83 bits per heavy atom. The van der Waals surface area contributed by atoms with Crippen LogP contribution in [0.25, 0.3) is 108 Å². The van der Waals surface area contributed by atoms with Crippen molar-refractivity contribution in [3.8, 4) is 22.5 Å². The minimum Gasteiger partial charge on any atom is -0.309 e. The van der Waals surface area contributed by atoms with Crippen LogP contribution in [0, 0.1) is 0 Å². The van der Waals surface area contributed by atoms with Crippen molar-refractivity contribution in [1.29, 1.82) is 0 Å². The summed E-state index contributed by atoms with van der Waals surface area (Å²) < 4.78 is 7.58. The fraction of sp³-hybridized carbons (Fsp3) is 0. The lowest BCUT2D eigenvalue weighted by Gasteiger charge is -2.12. The highest BCUT2D eigenvalue weighted by atomic mass is 32.1. The summed E-state index contributed by atoms with van der Waals surface area (Å²) >= 11 is 1.88. The molecule has 12 aromatic rings. The molecule has 246 valence electrons. The monoisotopic (exact) mass is 690 g/mol. The number of para-hydroxylation sites is 1.